The topological polar surface area (TPSA) is 40.5 Å². The smallest absolute Gasteiger partial charge is 0.423 e. The van der Waals surface area contributed by atoms with Crippen LogP contribution in [-0.4, -0.2) is 52.7 Å². The lowest BCUT2D eigenvalue weighted by molar-refractivity contribution is -0.271. The Morgan fingerprint density at radius 3 is 0.772 bits per heavy atom. The molecule has 4 aromatic heterocycles. The number of rotatable bonds is 9. The monoisotopic (exact) mass is 2210 g/mol. The lowest BCUT2D eigenvalue weighted by Crippen LogP contribution is -2.49. The van der Waals surface area contributed by atoms with Gasteiger partial charge in [-0.05, 0) is 153 Å². The Hall–Kier alpha value is -2.52. The molecule has 0 saturated carbocycles. The lowest BCUT2D eigenvalue weighted by Gasteiger charge is -2.26. The maximum atomic E-state index is 16.5. The summed E-state index contributed by atoms with van der Waals surface area (Å²) in [6.45, 7) is 7.33. The van der Waals surface area contributed by atoms with Gasteiger partial charge in [-0.1, -0.05) is 212 Å². The van der Waals surface area contributed by atoms with Crippen LogP contribution < -0.4 is 5.46 Å². The van der Waals surface area contributed by atoms with Crippen LogP contribution in [0.5, 0.6) is 0 Å². The standard InChI is InChI=1S/C39H26F6S2.C17H13BrS.C6H7BO2.C5H3Br3S.C5F8.S17/c1-23-29(35(27-19-11-5-12-20-27)46-33(23)25-15-7-3-8-16-25)31-32(38(42,43)39(44,45)37(31,40)41)30-24(2)34(26-17-9-4-10-18-26)47-36(30)28-21-13-6-14-22-28;1-12-15(18)17(14-10-6-3-7-11-14)19-16(12)13-8-4-2-5-9-13;8-7(9)6-4-2-1-3-5-6;1-2-3(6)5(8)9-4(2)7;6-1-2(7)4(10,11)5(12,13)3(1,8)9;1-3-5-7-9-11-13-15-17-16-14-12-10-8-6-4-2/h3-22H,1-2H3;2-11H,1H3;1-5,8-9H;1H3;;. The van der Waals surface area contributed by atoms with E-state index in [1.807, 2.05) is 17.4 Å². The van der Waals surface area contributed by atoms with Crippen molar-refractivity contribution in [2.24, 2.45) is 0 Å². The van der Waals surface area contributed by atoms with Crippen LogP contribution in [0.25, 0.3) is 73.8 Å². The fourth-order valence-corrected chi connectivity index (χ4v) is 54.4. The lowest BCUT2D eigenvalue weighted by atomic mass is 9.81. The first-order chi connectivity index (χ1) is 54.1. The van der Waals surface area contributed by atoms with Gasteiger partial charge in [-0.15, -0.1) is 45.3 Å². The highest BCUT2D eigenvalue weighted by atomic mass is 79.9. The molecule has 2 aliphatic rings. The second-order valence-corrected chi connectivity index (χ2v) is 57.5. The molecule has 0 spiro atoms. The molecule has 13 rings (SSSR count). The Bertz CT molecular complexity index is 5700. The molecule has 2 nitrogen and oxygen atoms in total. The van der Waals surface area contributed by atoms with Crippen molar-refractivity contribution in [3.63, 3.8) is 0 Å². The average molecular weight is 2220 g/mol. The zero-order valence-electron chi connectivity index (χ0n) is 57.6. The summed E-state index contributed by atoms with van der Waals surface area (Å²) in [7, 11) is 24.0. The highest BCUT2D eigenvalue weighted by molar-refractivity contribution is 9.14. The van der Waals surface area contributed by atoms with Crippen LogP contribution in [0.2, 0.25) is 0 Å². The summed E-state index contributed by atoms with van der Waals surface area (Å²) in [4.78, 5) is 4.16. The van der Waals surface area contributed by atoms with E-state index in [-0.39, 0.29) is 32.0 Å². The van der Waals surface area contributed by atoms with Crippen LogP contribution in [0.4, 0.5) is 61.5 Å². The number of alkyl halides is 12. The normalized spacial score (nSPS) is 14.6. The molecule has 2 aliphatic carbocycles. The van der Waals surface area contributed by atoms with Crippen LogP contribution in [0.15, 0.2) is 240 Å². The summed E-state index contributed by atoms with van der Waals surface area (Å²) < 4.78 is 198. The summed E-state index contributed by atoms with van der Waals surface area (Å²) in [5.41, 5.74) is 5.15. The number of thiophene rings is 4. The van der Waals surface area contributed by atoms with E-state index in [0.29, 0.717) is 37.5 Å². The molecule has 4 heterocycles. The molecule has 42 heteroatoms. The number of allylic oxidation sites excluding steroid dienone is 4. The van der Waals surface area contributed by atoms with E-state index in [4.69, 9.17) is 32.4 Å². The molecule has 0 bridgehead atoms. The molecule has 0 fully saturated rings. The summed E-state index contributed by atoms with van der Waals surface area (Å²) in [5.74, 6) is -40.6. The van der Waals surface area contributed by atoms with Gasteiger partial charge in [0, 0.05) is 216 Å². The zero-order valence-corrected chi connectivity index (χ0v) is 81.0. The molecule has 0 aliphatic heterocycles. The van der Waals surface area contributed by atoms with Crippen LogP contribution in [0.3, 0.4) is 0 Å². The van der Waals surface area contributed by atoms with Crippen molar-refractivity contribution in [2.45, 2.75) is 63.2 Å². The molecule has 11 aromatic rings. The van der Waals surface area contributed by atoms with E-state index < -0.39 is 65.5 Å². The number of hydrogen-bond acceptors (Lipinski definition) is 8. The summed E-state index contributed by atoms with van der Waals surface area (Å²) >= 11 is 29.3. The largest absolute Gasteiger partial charge is 0.488 e. The third kappa shape index (κ3) is 23.2. The van der Waals surface area contributed by atoms with Gasteiger partial charge in [0.15, 0.2) is 0 Å². The van der Waals surface area contributed by atoms with Gasteiger partial charge in [-0.2, -0.15) is 52.7 Å². The first-order valence-electron chi connectivity index (χ1n) is 31.4. The predicted molar refractivity (Wildman–Crippen MR) is 507 cm³/mol. The molecule has 7 aromatic carbocycles. The fourth-order valence-electron chi connectivity index (χ4n) is 10.4. The molecule has 0 unspecified atom stereocenters. The van der Waals surface area contributed by atoms with Gasteiger partial charge in [0.25, 0.3) is 0 Å². The number of halogens is 18. The molecular formula is C72H49BBr4F14O2S21. The van der Waals surface area contributed by atoms with Crippen molar-refractivity contribution in [2.75, 3.05) is 0 Å². The highest BCUT2D eigenvalue weighted by Crippen LogP contribution is 2.69. The summed E-state index contributed by atoms with van der Waals surface area (Å²) in [5, 5.41) is 17.2. The van der Waals surface area contributed by atoms with Gasteiger partial charge < -0.3 is 10.0 Å². The Morgan fingerprint density at radius 2 is 0.544 bits per heavy atom. The second kappa shape index (κ2) is 45.0. The molecule has 2 N–H and O–H groups in total. The summed E-state index contributed by atoms with van der Waals surface area (Å²) in [6.07, 6.45) is 0. The molecule has 0 atom stereocenters. The van der Waals surface area contributed by atoms with Gasteiger partial charge in [0.2, 0.25) is 11.7 Å². The minimum absolute atomic E-state index is 0.222. The number of hydrogen-bond donors (Lipinski definition) is 2. The van der Waals surface area contributed by atoms with Crippen molar-refractivity contribution in [3.8, 4) is 62.6 Å². The van der Waals surface area contributed by atoms with Gasteiger partial charge in [-0.25, -0.2) is 8.78 Å². The van der Waals surface area contributed by atoms with Gasteiger partial charge in [0.05, 0.1) is 7.57 Å². The number of benzene rings is 7. The Morgan fingerprint density at radius 1 is 0.298 bits per heavy atom. The van der Waals surface area contributed by atoms with Gasteiger partial charge in [0.1, 0.15) is 0 Å². The van der Waals surface area contributed by atoms with Crippen LogP contribution in [-0.2, 0) is 156 Å². The first kappa shape index (κ1) is 96.9. The van der Waals surface area contributed by atoms with E-state index in [9.17, 15) is 35.1 Å². The van der Waals surface area contributed by atoms with Crippen LogP contribution in [0, 0.1) is 27.7 Å². The maximum absolute atomic E-state index is 16.5. The van der Waals surface area contributed by atoms with Crippen molar-refractivity contribution in [1.82, 2.24) is 0 Å². The molecular weight excluding hydrogens is 2170 g/mol. The molecule has 604 valence electrons. The average Bonchev–Trinajstić information content (AvgIpc) is 1.51. The summed E-state index contributed by atoms with van der Waals surface area (Å²) in [6, 6.07) is 64.6. The zero-order chi connectivity index (χ0) is 83.3. The third-order valence-corrected chi connectivity index (χ3v) is 56.9. The molecule has 0 amide bonds. The van der Waals surface area contributed by atoms with E-state index >= 15 is 26.3 Å². The maximum Gasteiger partial charge on any atom is 0.488 e. The van der Waals surface area contributed by atoms with Gasteiger partial charge >= 0.3 is 42.7 Å². The first-order valence-corrected chi connectivity index (χ1v) is 59.2. The Kier molecular flexibility index (Phi) is 38.3. The molecule has 0 radical (unpaired) electrons. The van der Waals surface area contributed by atoms with Gasteiger partial charge in [-0.3, -0.25) is 0 Å². The van der Waals surface area contributed by atoms with E-state index in [2.05, 4.69) is 138 Å². The van der Waals surface area contributed by atoms with Crippen LogP contribution in [0.1, 0.15) is 33.4 Å². The highest BCUT2D eigenvalue weighted by Gasteiger charge is 2.83. The van der Waals surface area contributed by atoms with Crippen LogP contribution >= 0.6 is 109 Å². The predicted octanol–water partition coefficient (Wildman–Crippen LogP) is 25.8. The van der Waals surface area contributed by atoms with E-state index in [1.54, 1.807) is 286 Å². The van der Waals surface area contributed by atoms with Crippen molar-refractivity contribution in [1.29, 1.82) is 0 Å². The fraction of sp³-hybridized carbons (Fsp3) is 0.139. The minimum atomic E-state index is -6.06. The quantitative estimate of drug-likeness (QED) is 0.112. The minimum Gasteiger partial charge on any atom is -0.423 e. The van der Waals surface area contributed by atoms with E-state index in [1.165, 1.54) is 58.0 Å². The SMILES string of the molecule is Cc1c(-c2ccccc2)sc(-c2ccccc2)c1Br.Cc1c(-c2ccccc2)sc(-c2ccccc2)c1C1=C(c2c(-c3ccccc3)sc(-c3ccccc3)c2C)C(F)(F)C(F)(F)C1(F)F.Cc1c(Br)sc(Br)c1Br.FC1=C(F)C(F)(F)C(F)(F)C1(F)F.OB(O)c1ccccc1.S=S=S=S=S=S=S=S=S=S=S=S=S=S=S=S=S. The Labute approximate surface area is 749 Å². The Balaban J connectivity index is 0.000000199. The van der Waals surface area contributed by atoms with Crippen molar-refractivity contribution in [3.05, 3.63) is 274 Å². The van der Waals surface area contributed by atoms with Crippen molar-refractivity contribution < 1.29 is 71.5 Å². The van der Waals surface area contributed by atoms with Crippen molar-refractivity contribution >= 4 is 288 Å². The molecule has 114 heavy (non-hydrogen) atoms. The molecule has 0 saturated heterocycles. The second-order valence-electron chi connectivity index (χ2n) is 22.6. The third-order valence-electron chi connectivity index (χ3n) is 15.7. The van der Waals surface area contributed by atoms with E-state index in [0.717, 1.165) is 30.9 Å².